The van der Waals surface area contributed by atoms with Crippen molar-refractivity contribution in [2.45, 2.75) is 66.3 Å². The van der Waals surface area contributed by atoms with Gasteiger partial charge in [-0.05, 0) is 30.9 Å². The third kappa shape index (κ3) is 11.1. The van der Waals surface area contributed by atoms with Crippen LogP contribution in [0.3, 0.4) is 0 Å². The quantitative estimate of drug-likeness (QED) is 0.108. The minimum atomic E-state index is -0.869. The van der Waals surface area contributed by atoms with Gasteiger partial charge in [-0.15, -0.1) is 0 Å². The number of carbonyl (C=O) groups excluding carboxylic acids is 2. The van der Waals surface area contributed by atoms with Crippen LogP contribution in [0.15, 0.2) is 97.1 Å². The molecule has 8 atom stereocenters. The van der Waals surface area contributed by atoms with Crippen LogP contribution in [0, 0.1) is 29.6 Å². The van der Waals surface area contributed by atoms with E-state index in [-0.39, 0.29) is 35.4 Å². The van der Waals surface area contributed by atoms with Gasteiger partial charge < -0.3 is 20.7 Å². The van der Waals surface area contributed by atoms with Crippen molar-refractivity contribution in [3.8, 4) is 0 Å². The number of carbonyl (C=O) groups is 2. The number of rotatable bonds is 16. The number of benzene rings is 2. The highest BCUT2D eigenvalue weighted by Gasteiger charge is 2.33. The third-order valence-corrected chi connectivity index (χ3v) is 8.01. The number of amides is 1. The van der Waals surface area contributed by atoms with Gasteiger partial charge in [-0.25, -0.2) is 4.79 Å². The van der Waals surface area contributed by atoms with E-state index in [1.165, 1.54) is 0 Å². The van der Waals surface area contributed by atoms with Gasteiger partial charge in [0, 0.05) is 34.8 Å². The number of allylic oxidation sites excluding steroid dienone is 3. The van der Waals surface area contributed by atoms with E-state index >= 15 is 0 Å². The van der Waals surface area contributed by atoms with E-state index in [1.54, 1.807) is 24.3 Å². The summed E-state index contributed by atoms with van der Waals surface area (Å²) in [5.41, 5.74) is 8.54. The normalized spacial score (nSPS) is 17.9. The van der Waals surface area contributed by atoms with Crippen molar-refractivity contribution < 1.29 is 24.5 Å². The van der Waals surface area contributed by atoms with Crippen LogP contribution in [0.1, 0.15) is 69.4 Å². The van der Waals surface area contributed by atoms with Crippen molar-refractivity contribution in [3.63, 3.8) is 0 Å². The molecule has 6 heteroatoms. The summed E-state index contributed by atoms with van der Waals surface area (Å²) in [4.78, 5) is 24.4. The van der Waals surface area contributed by atoms with Crippen LogP contribution in [0.4, 0.5) is 4.79 Å². The average Bonchev–Trinajstić information content (AvgIpc) is 3.00. The molecule has 0 saturated carbocycles. The molecule has 0 spiro atoms. The van der Waals surface area contributed by atoms with E-state index in [9.17, 15) is 19.8 Å². The Morgan fingerprint density at radius 2 is 1.53 bits per heavy atom. The molecule has 6 nitrogen and oxygen atoms in total. The van der Waals surface area contributed by atoms with Gasteiger partial charge in [0.25, 0.3) is 0 Å². The summed E-state index contributed by atoms with van der Waals surface area (Å²) in [7, 11) is 0. The first kappa shape index (κ1) is 35.5. The van der Waals surface area contributed by atoms with Crippen molar-refractivity contribution in [3.05, 3.63) is 114 Å². The number of hydrogen-bond acceptors (Lipinski definition) is 5. The first-order valence-electron chi connectivity index (χ1n) is 15.0. The zero-order valence-corrected chi connectivity index (χ0v) is 26.4. The molecule has 232 valence electrons. The fraction of sp³-hybridized carbons (Fsp3) is 0.405. The Morgan fingerprint density at radius 3 is 2.16 bits per heavy atom. The van der Waals surface area contributed by atoms with Crippen LogP contribution >= 0.6 is 0 Å². The summed E-state index contributed by atoms with van der Waals surface area (Å²) in [5, 5.41) is 22.2. The standard InChI is InChI=1S/C37H49NO5/c1-8-9-14-26(4)36(43-37(38)42)29(7)34(40)28(6)22-24(2)21-27(5)33(39)25(3)19-20-30-15-13-18-32(23-30)35(41)31-16-11-10-12-17-31/h8-21,23,25-29,33-34,36,39-40H,1,22H2,2-7H3,(H2,38,42)/b14-9-,20-19-,24-21-/t25-,26-,27-,28-,29-,33-,34+,36-/m0/s1. The zero-order chi connectivity index (χ0) is 32.1. The van der Waals surface area contributed by atoms with Crippen molar-refractivity contribution in [2.75, 3.05) is 0 Å². The number of aliphatic hydroxyl groups is 2. The lowest BCUT2D eigenvalue weighted by molar-refractivity contribution is -0.0266. The molecular weight excluding hydrogens is 538 g/mol. The molecule has 0 unspecified atom stereocenters. The summed E-state index contributed by atoms with van der Waals surface area (Å²) in [6, 6.07) is 16.7. The van der Waals surface area contributed by atoms with Gasteiger partial charge >= 0.3 is 6.09 Å². The van der Waals surface area contributed by atoms with Gasteiger partial charge in [0.05, 0.1) is 12.2 Å². The second kappa shape index (κ2) is 17.4. The maximum Gasteiger partial charge on any atom is 0.404 e. The minimum Gasteiger partial charge on any atom is -0.445 e. The van der Waals surface area contributed by atoms with Crippen molar-refractivity contribution in [2.24, 2.45) is 35.3 Å². The maximum atomic E-state index is 12.8. The molecule has 4 N–H and O–H groups in total. The molecular formula is C37H49NO5. The molecule has 0 aliphatic rings. The topological polar surface area (TPSA) is 110 Å². The molecule has 0 aliphatic carbocycles. The fourth-order valence-electron chi connectivity index (χ4n) is 5.54. The van der Waals surface area contributed by atoms with E-state index in [0.717, 1.165) is 11.1 Å². The highest BCUT2D eigenvalue weighted by molar-refractivity contribution is 6.09. The van der Waals surface area contributed by atoms with Crippen LogP contribution < -0.4 is 5.73 Å². The minimum absolute atomic E-state index is 0.0260. The molecule has 2 rings (SSSR count). The van der Waals surface area contributed by atoms with Crippen molar-refractivity contribution in [1.82, 2.24) is 0 Å². The predicted molar refractivity (Wildman–Crippen MR) is 175 cm³/mol. The van der Waals surface area contributed by atoms with Gasteiger partial charge in [-0.1, -0.05) is 132 Å². The van der Waals surface area contributed by atoms with Gasteiger partial charge in [0.2, 0.25) is 0 Å². The van der Waals surface area contributed by atoms with Crippen LogP contribution in [0.5, 0.6) is 0 Å². The van der Waals surface area contributed by atoms with Crippen LogP contribution in [0.25, 0.3) is 6.08 Å². The Labute approximate surface area is 257 Å². The number of aliphatic hydroxyl groups excluding tert-OH is 2. The molecule has 0 radical (unpaired) electrons. The molecule has 2 aromatic rings. The Bertz CT molecular complexity index is 1280. The molecule has 0 heterocycles. The third-order valence-electron chi connectivity index (χ3n) is 8.01. The van der Waals surface area contributed by atoms with Gasteiger partial charge in [0.15, 0.2) is 5.78 Å². The lowest BCUT2D eigenvalue weighted by atomic mass is 9.81. The Balaban J connectivity index is 2.03. The van der Waals surface area contributed by atoms with Gasteiger partial charge in [-0.2, -0.15) is 0 Å². The Hall–Kier alpha value is -3.74. The van der Waals surface area contributed by atoms with E-state index in [0.29, 0.717) is 17.5 Å². The smallest absolute Gasteiger partial charge is 0.404 e. The van der Waals surface area contributed by atoms with Crippen molar-refractivity contribution >= 4 is 18.0 Å². The molecule has 0 bridgehead atoms. The lowest BCUT2D eigenvalue weighted by Gasteiger charge is -2.33. The molecule has 0 saturated heterocycles. The highest BCUT2D eigenvalue weighted by atomic mass is 16.6. The highest BCUT2D eigenvalue weighted by Crippen LogP contribution is 2.29. The number of hydrogen-bond donors (Lipinski definition) is 3. The molecule has 2 aromatic carbocycles. The van der Waals surface area contributed by atoms with Crippen LogP contribution in [-0.4, -0.2) is 40.4 Å². The number of ether oxygens (including phenoxy) is 1. The predicted octanol–water partition coefficient (Wildman–Crippen LogP) is 7.38. The first-order chi connectivity index (χ1) is 20.3. The summed E-state index contributed by atoms with van der Waals surface area (Å²) >= 11 is 0. The molecule has 1 amide bonds. The second-order valence-corrected chi connectivity index (χ2v) is 11.8. The molecule has 43 heavy (non-hydrogen) atoms. The number of nitrogens with two attached hydrogens (primary N) is 1. The summed E-state index contributed by atoms with van der Waals surface area (Å²) in [6.45, 7) is 15.4. The first-order valence-corrected chi connectivity index (χ1v) is 15.0. The van der Waals surface area contributed by atoms with Gasteiger partial charge in [-0.3, -0.25) is 4.79 Å². The molecule has 0 aromatic heterocycles. The maximum absolute atomic E-state index is 12.8. The van der Waals surface area contributed by atoms with E-state index < -0.39 is 24.4 Å². The zero-order valence-electron chi connectivity index (χ0n) is 26.4. The van der Waals surface area contributed by atoms with E-state index in [2.05, 4.69) is 12.7 Å². The number of primary amides is 1. The summed E-state index contributed by atoms with van der Waals surface area (Å²) in [6.07, 6.45) is 9.07. The van der Waals surface area contributed by atoms with E-state index in [1.807, 2.05) is 102 Å². The number of ketones is 1. The largest absolute Gasteiger partial charge is 0.445 e. The Morgan fingerprint density at radius 1 is 0.884 bits per heavy atom. The summed E-state index contributed by atoms with van der Waals surface area (Å²) in [5.74, 6) is -0.907. The molecule has 0 fully saturated rings. The van der Waals surface area contributed by atoms with Gasteiger partial charge in [0.1, 0.15) is 6.10 Å². The van der Waals surface area contributed by atoms with E-state index in [4.69, 9.17) is 10.5 Å². The fourth-order valence-corrected chi connectivity index (χ4v) is 5.54. The monoisotopic (exact) mass is 587 g/mol. The lowest BCUT2D eigenvalue weighted by Crippen LogP contribution is -2.41. The summed E-state index contributed by atoms with van der Waals surface area (Å²) < 4.78 is 5.39. The second-order valence-electron chi connectivity index (χ2n) is 11.8. The average molecular weight is 588 g/mol. The van der Waals surface area contributed by atoms with Crippen LogP contribution in [-0.2, 0) is 4.74 Å². The SMILES string of the molecule is C=C/C=C\[C@H](C)[C@H](OC(N)=O)[C@@H](C)[C@H](O)[C@@H](C)C/C(C)=C\[C@H](C)[C@@H](O)[C@@H](C)/C=C\c1cccc(C(=O)c2ccccc2)c1. The Kier molecular flexibility index (Phi) is 14.3. The van der Waals surface area contributed by atoms with Crippen molar-refractivity contribution in [1.29, 1.82) is 0 Å². The van der Waals surface area contributed by atoms with Crippen LogP contribution in [0.2, 0.25) is 0 Å². The molecule has 0 aliphatic heterocycles.